The smallest absolute Gasteiger partial charge is 0.303 e. The Kier molecular flexibility index (Phi) is 10.9. The van der Waals surface area contributed by atoms with Gasteiger partial charge in [0.05, 0.1) is 25.8 Å². The molecule has 4 rings (SSSR count). The van der Waals surface area contributed by atoms with Crippen LogP contribution in [0, 0.1) is 11.8 Å². The molecule has 0 radical (unpaired) electrons. The van der Waals surface area contributed by atoms with Crippen molar-refractivity contribution in [2.45, 2.75) is 49.5 Å². The van der Waals surface area contributed by atoms with Crippen LogP contribution in [-0.4, -0.2) is 65.7 Å². The van der Waals surface area contributed by atoms with Crippen molar-refractivity contribution in [1.29, 1.82) is 0 Å². The van der Waals surface area contributed by atoms with Crippen molar-refractivity contribution in [3.05, 3.63) is 60.3 Å². The van der Waals surface area contributed by atoms with Crippen LogP contribution in [-0.2, 0) is 4.79 Å². The van der Waals surface area contributed by atoms with Gasteiger partial charge in [0.1, 0.15) is 11.5 Å². The first-order valence-corrected chi connectivity index (χ1v) is 14.8. The zero-order chi connectivity index (χ0) is 27.6. The predicted octanol–water partition coefficient (Wildman–Crippen LogP) is 6.05. The molecule has 1 aliphatic heterocycles. The number of hydrogen-bond donors (Lipinski definition) is 2. The lowest BCUT2D eigenvalue weighted by Gasteiger charge is -2.39. The van der Waals surface area contributed by atoms with Crippen LogP contribution >= 0.6 is 11.8 Å². The molecule has 1 aromatic heterocycles. The van der Waals surface area contributed by atoms with E-state index in [1.54, 1.807) is 20.4 Å². The van der Waals surface area contributed by atoms with E-state index in [9.17, 15) is 15.0 Å². The number of methoxy groups -OCH3 is 2. The third kappa shape index (κ3) is 8.34. The van der Waals surface area contributed by atoms with Crippen LogP contribution in [0.2, 0.25) is 0 Å². The van der Waals surface area contributed by atoms with Crippen molar-refractivity contribution in [2.75, 3.05) is 39.6 Å². The molecule has 3 atom stereocenters. The molecule has 2 aromatic carbocycles. The summed E-state index contributed by atoms with van der Waals surface area (Å²) in [5.41, 5.74) is 1.71. The number of carboxylic acid groups (broad SMARTS) is 1. The number of aromatic nitrogens is 1. The maximum Gasteiger partial charge on any atom is 0.303 e. The molecule has 8 heteroatoms. The molecule has 1 saturated heterocycles. The molecule has 0 spiro atoms. The van der Waals surface area contributed by atoms with E-state index in [0.717, 1.165) is 72.6 Å². The van der Waals surface area contributed by atoms with E-state index in [2.05, 4.69) is 22.0 Å². The Morgan fingerprint density at radius 2 is 1.85 bits per heavy atom. The van der Waals surface area contributed by atoms with E-state index in [4.69, 9.17) is 9.47 Å². The summed E-state index contributed by atoms with van der Waals surface area (Å²) in [6, 6.07) is 15.8. The fourth-order valence-electron chi connectivity index (χ4n) is 5.62. The molecule has 7 nitrogen and oxygen atoms in total. The zero-order valence-electron chi connectivity index (χ0n) is 22.9. The van der Waals surface area contributed by atoms with Gasteiger partial charge in [0.25, 0.3) is 0 Å². The molecule has 1 unspecified atom stereocenters. The molecule has 0 saturated carbocycles. The Bertz CT molecular complexity index is 1210. The van der Waals surface area contributed by atoms with Crippen molar-refractivity contribution >= 4 is 28.6 Å². The van der Waals surface area contributed by atoms with Crippen LogP contribution in [0.25, 0.3) is 10.9 Å². The van der Waals surface area contributed by atoms with E-state index in [1.807, 2.05) is 48.2 Å². The fraction of sp³-hybridized carbons (Fsp3) is 0.484. The van der Waals surface area contributed by atoms with E-state index >= 15 is 0 Å². The molecule has 0 amide bonds. The van der Waals surface area contributed by atoms with Gasteiger partial charge in [-0.3, -0.25) is 9.78 Å². The molecule has 2 heterocycles. The number of ether oxygens (including phenoxy) is 2. The number of thioether (sulfide) groups is 1. The topological polar surface area (TPSA) is 92.1 Å². The van der Waals surface area contributed by atoms with Crippen LogP contribution in [0.4, 0.5) is 0 Å². The van der Waals surface area contributed by atoms with E-state index in [0.29, 0.717) is 24.7 Å². The Hall–Kier alpha value is -2.81. The highest BCUT2D eigenvalue weighted by molar-refractivity contribution is 7.99. The first kappa shape index (κ1) is 29.2. The number of aliphatic carboxylic acids is 1. The first-order chi connectivity index (χ1) is 19.0. The van der Waals surface area contributed by atoms with Crippen molar-refractivity contribution in [3.8, 4) is 11.5 Å². The number of nitrogens with zero attached hydrogens (tertiary/aromatic N) is 2. The molecule has 0 aliphatic carbocycles. The highest BCUT2D eigenvalue weighted by atomic mass is 32.2. The third-order valence-electron chi connectivity index (χ3n) is 7.80. The third-order valence-corrected chi connectivity index (χ3v) is 8.90. The maximum atomic E-state index is 11.4. The summed E-state index contributed by atoms with van der Waals surface area (Å²) in [6.07, 6.45) is 5.66. The minimum atomic E-state index is -0.737. The van der Waals surface area contributed by atoms with Crippen molar-refractivity contribution < 1.29 is 24.5 Å². The molecular formula is C31H40N2O5S. The summed E-state index contributed by atoms with van der Waals surface area (Å²) in [5, 5.41) is 21.4. The monoisotopic (exact) mass is 552 g/mol. The van der Waals surface area contributed by atoms with Crippen LogP contribution in [0.5, 0.6) is 11.5 Å². The number of piperidine rings is 1. The number of carbonyl (C=O) groups is 1. The van der Waals surface area contributed by atoms with E-state index in [-0.39, 0.29) is 6.42 Å². The minimum absolute atomic E-state index is 0.194. The minimum Gasteiger partial charge on any atom is -0.497 e. The van der Waals surface area contributed by atoms with E-state index in [1.165, 1.54) is 4.90 Å². The molecule has 39 heavy (non-hydrogen) atoms. The molecule has 0 bridgehead atoms. The molecule has 2 N–H and O–H groups in total. The lowest BCUT2D eigenvalue weighted by Crippen LogP contribution is -2.41. The second-order valence-electron chi connectivity index (χ2n) is 10.3. The highest BCUT2D eigenvalue weighted by Gasteiger charge is 2.30. The van der Waals surface area contributed by atoms with Crippen LogP contribution in [0.1, 0.15) is 50.2 Å². The number of benzene rings is 2. The van der Waals surface area contributed by atoms with Crippen molar-refractivity contribution in [2.24, 2.45) is 11.8 Å². The average Bonchev–Trinajstić information content (AvgIpc) is 2.97. The van der Waals surface area contributed by atoms with Crippen LogP contribution < -0.4 is 9.47 Å². The molecule has 210 valence electrons. The normalized spacial score (nSPS) is 18.6. The van der Waals surface area contributed by atoms with Gasteiger partial charge in [-0.1, -0.05) is 0 Å². The van der Waals surface area contributed by atoms with Gasteiger partial charge in [-0.25, -0.2) is 0 Å². The molecule has 1 fully saturated rings. The highest BCUT2D eigenvalue weighted by Crippen LogP contribution is 2.35. The SMILES string of the molecule is COc1ccc(SCCCN2CC[C@@H](CCC(O)c3ccnc4ccc(OC)cc34)[C@@H](CCC(=O)O)C2)cc1. The van der Waals surface area contributed by atoms with Gasteiger partial charge in [-0.05, 0) is 117 Å². The van der Waals surface area contributed by atoms with Gasteiger partial charge in [-0.15, -0.1) is 11.8 Å². The first-order valence-electron chi connectivity index (χ1n) is 13.8. The number of pyridine rings is 1. The van der Waals surface area contributed by atoms with Crippen molar-refractivity contribution in [1.82, 2.24) is 9.88 Å². The fourth-order valence-corrected chi connectivity index (χ4v) is 6.45. The lowest BCUT2D eigenvalue weighted by molar-refractivity contribution is -0.137. The number of rotatable bonds is 14. The second kappa shape index (κ2) is 14.5. The predicted molar refractivity (Wildman–Crippen MR) is 156 cm³/mol. The van der Waals surface area contributed by atoms with Gasteiger partial charge in [0, 0.05) is 29.4 Å². The number of likely N-dealkylation sites (tertiary alicyclic amines) is 1. The number of hydrogen-bond acceptors (Lipinski definition) is 7. The van der Waals surface area contributed by atoms with Crippen LogP contribution in [0.15, 0.2) is 59.6 Å². The number of fused-ring (bicyclic) bond motifs is 1. The number of carboxylic acids is 1. The van der Waals surface area contributed by atoms with Gasteiger partial charge >= 0.3 is 5.97 Å². The zero-order valence-corrected chi connectivity index (χ0v) is 23.7. The standard InChI is InChI=1S/C31H40N2O5S/c1-37-24-6-9-26(10-7-24)39-19-3-17-33-18-15-22(23(21-33)5-13-31(35)36)4-12-30(34)27-14-16-32-29-11-8-25(38-2)20-28(27)29/h6-11,14,16,20,22-23,30,34H,3-5,12-13,15,17-19,21H2,1-2H3,(H,35,36)/t22-,23+,30?/m1/s1. The lowest BCUT2D eigenvalue weighted by atomic mass is 9.79. The summed E-state index contributed by atoms with van der Waals surface area (Å²) in [5.74, 6) is 2.66. The van der Waals surface area contributed by atoms with Crippen molar-refractivity contribution in [3.63, 3.8) is 0 Å². The summed E-state index contributed by atoms with van der Waals surface area (Å²) in [4.78, 5) is 19.5. The Balaban J connectivity index is 1.30. The summed E-state index contributed by atoms with van der Waals surface area (Å²) < 4.78 is 10.6. The maximum absolute atomic E-state index is 11.4. The summed E-state index contributed by atoms with van der Waals surface area (Å²) >= 11 is 1.86. The van der Waals surface area contributed by atoms with Gasteiger partial charge in [0.2, 0.25) is 0 Å². The molecular weight excluding hydrogens is 512 g/mol. The van der Waals surface area contributed by atoms with Gasteiger partial charge < -0.3 is 24.6 Å². The quantitative estimate of drug-likeness (QED) is 0.184. The average molecular weight is 553 g/mol. The Morgan fingerprint density at radius 3 is 2.59 bits per heavy atom. The largest absolute Gasteiger partial charge is 0.497 e. The van der Waals surface area contributed by atoms with Crippen LogP contribution in [0.3, 0.4) is 0 Å². The summed E-state index contributed by atoms with van der Waals surface area (Å²) in [7, 11) is 3.31. The molecule has 3 aromatic rings. The Labute approximate surface area is 235 Å². The molecule has 1 aliphatic rings. The Morgan fingerprint density at radius 1 is 1.08 bits per heavy atom. The summed E-state index contributed by atoms with van der Waals surface area (Å²) in [6.45, 7) is 2.97. The number of aliphatic hydroxyl groups excluding tert-OH is 1. The second-order valence-corrected chi connectivity index (χ2v) is 11.5. The van der Waals surface area contributed by atoms with Gasteiger partial charge in [0.15, 0.2) is 0 Å². The number of aliphatic hydroxyl groups is 1. The van der Waals surface area contributed by atoms with E-state index < -0.39 is 12.1 Å². The van der Waals surface area contributed by atoms with Gasteiger partial charge in [-0.2, -0.15) is 0 Å².